The summed E-state index contributed by atoms with van der Waals surface area (Å²) in [6.07, 6.45) is -0.463. The molecular weight excluding hydrogens is 282 g/mol. The first kappa shape index (κ1) is 14.2. The lowest BCUT2D eigenvalue weighted by Crippen LogP contribution is -2.29. The van der Waals surface area contributed by atoms with Gasteiger partial charge in [0.1, 0.15) is 5.69 Å². The summed E-state index contributed by atoms with van der Waals surface area (Å²) in [4.78, 5) is 10.6. The maximum absolute atomic E-state index is 14.4. The molecule has 1 amide bonds. The Labute approximate surface area is 120 Å². The predicted octanol–water partition coefficient (Wildman–Crippen LogP) is 1.30. The highest BCUT2D eigenvalue weighted by molar-refractivity contribution is 5.64. The lowest BCUT2D eigenvalue weighted by molar-refractivity contribution is -0.0213. The van der Waals surface area contributed by atoms with Gasteiger partial charge in [0.05, 0.1) is 5.69 Å². The van der Waals surface area contributed by atoms with Crippen LogP contribution in [0.5, 0.6) is 0 Å². The van der Waals surface area contributed by atoms with Crippen LogP contribution in [0.2, 0.25) is 0 Å². The Kier molecular flexibility index (Phi) is 3.56. The number of aromatic nitrogens is 2. The van der Waals surface area contributed by atoms with Gasteiger partial charge in [-0.15, -0.1) is 0 Å². The Bertz CT molecular complexity index is 559. The number of hydrogen-bond donors (Lipinski definition) is 3. The van der Waals surface area contributed by atoms with E-state index in [-0.39, 0.29) is 31.0 Å². The van der Waals surface area contributed by atoms with Crippen molar-refractivity contribution >= 4 is 6.09 Å². The molecule has 0 radical (unpaired) electrons. The van der Waals surface area contributed by atoms with Crippen molar-refractivity contribution < 1.29 is 18.7 Å². The van der Waals surface area contributed by atoms with Crippen LogP contribution < -0.4 is 10.6 Å². The van der Waals surface area contributed by atoms with Crippen LogP contribution in [0.1, 0.15) is 29.8 Å². The number of carbonyl (C=O) groups is 1. The smallest absolute Gasteiger partial charge is 0.404 e. The van der Waals surface area contributed by atoms with E-state index < -0.39 is 12.0 Å². The zero-order valence-corrected chi connectivity index (χ0v) is 11.5. The third-order valence-corrected chi connectivity index (χ3v) is 4.16. The van der Waals surface area contributed by atoms with Gasteiger partial charge in [-0.2, -0.15) is 13.9 Å². The van der Waals surface area contributed by atoms with Crippen LogP contribution in [-0.2, 0) is 25.4 Å². The fourth-order valence-electron chi connectivity index (χ4n) is 3.13. The number of amides is 1. The van der Waals surface area contributed by atoms with Gasteiger partial charge >= 0.3 is 6.09 Å². The fourth-order valence-corrected chi connectivity index (χ4v) is 3.13. The lowest BCUT2D eigenvalue weighted by Gasteiger charge is -2.18. The number of alkyl halides is 2. The van der Waals surface area contributed by atoms with Gasteiger partial charge in [0.2, 0.25) is 0 Å². The molecule has 3 heterocycles. The van der Waals surface area contributed by atoms with Gasteiger partial charge in [0.25, 0.3) is 5.92 Å². The number of nitrogens with zero attached hydrogens (tertiary/aromatic N) is 2. The maximum Gasteiger partial charge on any atom is 0.404 e. The minimum absolute atomic E-state index is 0.0162. The Morgan fingerprint density at radius 2 is 2.38 bits per heavy atom. The van der Waals surface area contributed by atoms with Crippen molar-refractivity contribution in [3.8, 4) is 0 Å². The first-order valence-electron chi connectivity index (χ1n) is 7.12. The van der Waals surface area contributed by atoms with Crippen molar-refractivity contribution in [3.05, 3.63) is 17.0 Å². The van der Waals surface area contributed by atoms with Crippen molar-refractivity contribution in [2.45, 2.75) is 38.3 Å². The summed E-state index contributed by atoms with van der Waals surface area (Å²) in [5, 5.41) is 18.4. The molecule has 0 fully saturated rings. The van der Waals surface area contributed by atoms with E-state index in [2.05, 4.69) is 15.7 Å². The summed E-state index contributed by atoms with van der Waals surface area (Å²) < 4.78 is 30.3. The van der Waals surface area contributed by atoms with Crippen molar-refractivity contribution in [1.82, 2.24) is 20.4 Å². The van der Waals surface area contributed by atoms with E-state index >= 15 is 0 Å². The quantitative estimate of drug-likeness (QED) is 0.769. The first-order chi connectivity index (χ1) is 9.97. The van der Waals surface area contributed by atoms with Crippen molar-refractivity contribution in [3.63, 3.8) is 0 Å². The van der Waals surface area contributed by atoms with Crippen LogP contribution >= 0.6 is 0 Å². The van der Waals surface area contributed by atoms with Gasteiger partial charge in [-0.1, -0.05) is 0 Å². The zero-order chi connectivity index (χ0) is 15.0. The Morgan fingerprint density at radius 3 is 3.14 bits per heavy atom. The monoisotopic (exact) mass is 300 g/mol. The van der Waals surface area contributed by atoms with Crippen molar-refractivity contribution in [2.24, 2.45) is 5.92 Å². The second kappa shape index (κ2) is 5.25. The lowest BCUT2D eigenvalue weighted by atomic mass is 9.98. The second-order valence-corrected chi connectivity index (χ2v) is 5.68. The molecule has 0 saturated carbocycles. The normalized spacial score (nSPS) is 23.8. The number of fused-ring (bicyclic) bond motifs is 3. The summed E-state index contributed by atoms with van der Waals surface area (Å²) >= 11 is 0. The van der Waals surface area contributed by atoms with Crippen LogP contribution in [0.3, 0.4) is 0 Å². The van der Waals surface area contributed by atoms with Gasteiger partial charge in [-0.3, -0.25) is 4.68 Å². The minimum Gasteiger partial charge on any atom is -0.465 e. The first-order valence-corrected chi connectivity index (χ1v) is 7.12. The zero-order valence-electron chi connectivity index (χ0n) is 11.5. The Balaban J connectivity index is 1.90. The highest BCUT2D eigenvalue weighted by atomic mass is 19.3. The maximum atomic E-state index is 14.4. The van der Waals surface area contributed by atoms with E-state index in [0.717, 1.165) is 12.2 Å². The molecule has 0 aromatic carbocycles. The van der Waals surface area contributed by atoms with Crippen LogP contribution in [0.25, 0.3) is 0 Å². The van der Waals surface area contributed by atoms with Gasteiger partial charge in [-0.05, 0) is 12.3 Å². The van der Waals surface area contributed by atoms with Gasteiger partial charge in [0, 0.05) is 44.6 Å². The summed E-state index contributed by atoms with van der Waals surface area (Å²) in [6.45, 7) is 1.68. The molecular formula is C13H18F2N4O2. The minimum atomic E-state index is -2.91. The SMILES string of the molecule is O=C(O)NCC1CCC(F)(F)c2c3c(nn2C1)CCNC3. The van der Waals surface area contributed by atoms with Crippen LogP contribution in [0.4, 0.5) is 13.6 Å². The van der Waals surface area contributed by atoms with Crippen molar-refractivity contribution in [2.75, 3.05) is 13.1 Å². The van der Waals surface area contributed by atoms with E-state index in [1.807, 2.05) is 0 Å². The summed E-state index contributed by atoms with van der Waals surface area (Å²) in [5.74, 6) is -3.07. The predicted molar refractivity (Wildman–Crippen MR) is 70.3 cm³/mol. The number of rotatable bonds is 2. The summed E-state index contributed by atoms with van der Waals surface area (Å²) in [6, 6.07) is 0. The molecule has 1 aromatic rings. The highest BCUT2D eigenvalue weighted by Crippen LogP contribution is 2.40. The van der Waals surface area contributed by atoms with Gasteiger partial charge in [0.15, 0.2) is 0 Å². The molecule has 3 rings (SSSR count). The molecule has 0 aliphatic carbocycles. The molecule has 2 aliphatic rings. The van der Waals surface area contributed by atoms with Crippen molar-refractivity contribution in [1.29, 1.82) is 0 Å². The molecule has 0 bridgehead atoms. The summed E-state index contributed by atoms with van der Waals surface area (Å²) in [5.41, 5.74) is 1.39. The average Bonchev–Trinajstić information content (AvgIpc) is 2.74. The summed E-state index contributed by atoms with van der Waals surface area (Å²) in [7, 11) is 0. The molecule has 0 saturated heterocycles. The Hall–Kier alpha value is -1.70. The molecule has 0 spiro atoms. The molecule has 1 aromatic heterocycles. The molecule has 6 nitrogen and oxygen atoms in total. The van der Waals surface area contributed by atoms with Gasteiger partial charge < -0.3 is 15.7 Å². The number of carboxylic acid groups (broad SMARTS) is 1. The van der Waals surface area contributed by atoms with E-state index in [1.165, 1.54) is 4.68 Å². The van der Waals surface area contributed by atoms with E-state index in [0.29, 0.717) is 25.1 Å². The third-order valence-electron chi connectivity index (χ3n) is 4.16. The average molecular weight is 300 g/mol. The number of hydrogen-bond acceptors (Lipinski definition) is 3. The van der Waals surface area contributed by atoms with E-state index in [1.54, 1.807) is 0 Å². The molecule has 1 atom stereocenters. The molecule has 116 valence electrons. The van der Waals surface area contributed by atoms with Crippen LogP contribution in [0, 0.1) is 5.92 Å². The van der Waals surface area contributed by atoms with Crippen LogP contribution in [-0.4, -0.2) is 34.1 Å². The topological polar surface area (TPSA) is 79.2 Å². The largest absolute Gasteiger partial charge is 0.465 e. The Morgan fingerprint density at radius 1 is 1.57 bits per heavy atom. The molecule has 2 aliphatic heterocycles. The number of nitrogens with one attached hydrogen (secondary N) is 2. The van der Waals surface area contributed by atoms with E-state index in [4.69, 9.17) is 5.11 Å². The standard InChI is InChI=1S/C13H18F2N4O2/c14-13(15)3-1-8(5-17-12(20)21)7-19-11(13)9-6-16-4-2-10(9)18-19/h8,16-17H,1-7H2,(H,20,21). The molecule has 21 heavy (non-hydrogen) atoms. The molecule has 3 N–H and O–H groups in total. The highest BCUT2D eigenvalue weighted by Gasteiger charge is 2.42. The third kappa shape index (κ3) is 2.72. The van der Waals surface area contributed by atoms with E-state index in [9.17, 15) is 13.6 Å². The van der Waals surface area contributed by atoms with Gasteiger partial charge in [-0.25, -0.2) is 4.79 Å². The van der Waals surface area contributed by atoms with Crippen LogP contribution in [0.15, 0.2) is 0 Å². The number of halogens is 2. The molecule has 8 heteroatoms. The molecule has 1 unspecified atom stereocenters. The fraction of sp³-hybridized carbons (Fsp3) is 0.692. The second-order valence-electron chi connectivity index (χ2n) is 5.68.